The largest absolute Gasteiger partial charge is 0.497 e. The Kier molecular flexibility index (Phi) is 12.0. The number of aromatic amines is 2. The lowest BCUT2D eigenvalue weighted by molar-refractivity contribution is 0.103. The Hall–Kier alpha value is -7.84. The molecule has 59 heavy (non-hydrogen) atoms. The summed E-state index contributed by atoms with van der Waals surface area (Å²) in [6, 6.07) is 47.1. The second kappa shape index (κ2) is 18.0. The molecule has 8 nitrogen and oxygen atoms in total. The number of ketones is 2. The molecule has 2 aromatic heterocycles. The Morgan fingerprint density at radius 2 is 0.915 bits per heavy atom. The minimum atomic E-state index is -0.396. The lowest BCUT2D eigenvalue weighted by atomic mass is 9.93. The summed E-state index contributed by atoms with van der Waals surface area (Å²) in [4.78, 5) is 57.7. The van der Waals surface area contributed by atoms with Gasteiger partial charge in [-0.3, -0.25) is 19.2 Å². The van der Waals surface area contributed by atoms with E-state index in [1.54, 1.807) is 26.4 Å². The second-order valence-electron chi connectivity index (χ2n) is 13.7. The zero-order valence-corrected chi connectivity index (χ0v) is 32.7. The molecule has 0 fully saturated rings. The van der Waals surface area contributed by atoms with Crippen LogP contribution >= 0.6 is 0 Å². The summed E-state index contributed by atoms with van der Waals surface area (Å²) in [5, 5.41) is 1.68. The molecule has 0 bridgehead atoms. The molecule has 0 aliphatic carbocycles. The number of rotatable bonds is 10. The zero-order valence-electron chi connectivity index (χ0n) is 32.7. The van der Waals surface area contributed by atoms with Gasteiger partial charge in [-0.2, -0.15) is 0 Å². The SMILES string of the molecule is COc1ccc(/C=C/C(=O)c2c(-c3ccccc3)c3cc(C)ccc3[nH]c2=O)cc1.COc1ccc(/C=C/C(=O)c2c(-c3ccccc3)c3ccccc3[nH]c2=O)cc1. The maximum absolute atomic E-state index is 13.2. The molecule has 8 rings (SSSR count). The van der Waals surface area contributed by atoms with Gasteiger partial charge in [0.1, 0.15) is 11.5 Å². The predicted octanol–water partition coefficient (Wildman–Crippen LogP) is 10.5. The third-order valence-corrected chi connectivity index (χ3v) is 9.79. The van der Waals surface area contributed by atoms with Crippen LogP contribution in [0.2, 0.25) is 0 Å². The first-order chi connectivity index (χ1) is 28.7. The molecule has 290 valence electrons. The summed E-state index contributed by atoms with van der Waals surface area (Å²) in [6.45, 7) is 1.99. The molecule has 6 aromatic carbocycles. The van der Waals surface area contributed by atoms with Gasteiger partial charge in [0, 0.05) is 32.9 Å². The number of fused-ring (bicyclic) bond motifs is 2. The third kappa shape index (κ3) is 8.93. The fourth-order valence-electron chi connectivity index (χ4n) is 6.87. The van der Waals surface area contributed by atoms with E-state index in [2.05, 4.69) is 9.97 Å². The molecule has 0 saturated carbocycles. The summed E-state index contributed by atoms with van der Waals surface area (Å²) in [7, 11) is 3.21. The zero-order chi connectivity index (χ0) is 41.3. The van der Waals surface area contributed by atoms with Gasteiger partial charge in [0.2, 0.25) is 0 Å². The number of para-hydroxylation sites is 1. The lowest BCUT2D eigenvalue weighted by Crippen LogP contribution is -2.18. The van der Waals surface area contributed by atoms with Gasteiger partial charge in [0.05, 0.1) is 25.3 Å². The number of nitrogens with one attached hydrogen (secondary N) is 2. The summed E-state index contributed by atoms with van der Waals surface area (Å²) >= 11 is 0. The molecular weight excluding hydrogens is 737 g/mol. The van der Waals surface area contributed by atoms with Gasteiger partial charge in [0.25, 0.3) is 11.1 Å². The van der Waals surface area contributed by atoms with Crippen LogP contribution < -0.4 is 20.6 Å². The maximum Gasteiger partial charge on any atom is 0.260 e. The van der Waals surface area contributed by atoms with Crippen LogP contribution in [0, 0.1) is 6.92 Å². The van der Waals surface area contributed by atoms with Crippen LogP contribution in [0.4, 0.5) is 0 Å². The average molecular weight is 777 g/mol. The number of carbonyl (C=O) groups excluding carboxylic acids is 2. The van der Waals surface area contributed by atoms with Crippen molar-refractivity contribution in [1.29, 1.82) is 0 Å². The molecule has 0 amide bonds. The van der Waals surface area contributed by atoms with Gasteiger partial charge in [0.15, 0.2) is 11.6 Å². The van der Waals surface area contributed by atoms with E-state index in [1.807, 2.05) is 159 Å². The molecular formula is C51H40N2O6. The fourth-order valence-corrected chi connectivity index (χ4v) is 6.87. The molecule has 2 heterocycles. The van der Waals surface area contributed by atoms with Crippen molar-refractivity contribution in [3.05, 3.63) is 212 Å². The molecule has 2 N–H and O–H groups in total. The van der Waals surface area contributed by atoms with Gasteiger partial charge in [-0.05, 0) is 83.8 Å². The van der Waals surface area contributed by atoms with Crippen molar-refractivity contribution in [3.63, 3.8) is 0 Å². The molecule has 0 saturated heterocycles. The molecule has 0 atom stereocenters. The molecule has 8 heteroatoms. The van der Waals surface area contributed by atoms with Gasteiger partial charge < -0.3 is 19.4 Å². The van der Waals surface area contributed by atoms with Crippen LogP contribution in [-0.4, -0.2) is 35.8 Å². The summed E-state index contributed by atoms with van der Waals surface area (Å²) < 4.78 is 10.3. The van der Waals surface area contributed by atoms with E-state index in [1.165, 1.54) is 12.2 Å². The number of carbonyl (C=O) groups is 2. The molecule has 0 radical (unpaired) electrons. The minimum Gasteiger partial charge on any atom is -0.497 e. The quantitative estimate of drug-likeness (QED) is 0.105. The van der Waals surface area contributed by atoms with Crippen LogP contribution in [0.3, 0.4) is 0 Å². The van der Waals surface area contributed by atoms with E-state index in [9.17, 15) is 19.2 Å². The Morgan fingerprint density at radius 1 is 0.492 bits per heavy atom. The molecule has 0 aliphatic rings. The minimum absolute atomic E-state index is 0.139. The topological polar surface area (TPSA) is 118 Å². The Morgan fingerprint density at radius 3 is 1.39 bits per heavy atom. The third-order valence-electron chi connectivity index (χ3n) is 9.79. The number of aryl methyl sites for hydroxylation is 1. The Balaban J connectivity index is 0.000000179. The smallest absolute Gasteiger partial charge is 0.260 e. The predicted molar refractivity (Wildman–Crippen MR) is 237 cm³/mol. The van der Waals surface area contributed by atoms with E-state index >= 15 is 0 Å². The number of H-pyrrole nitrogens is 2. The average Bonchev–Trinajstić information content (AvgIpc) is 3.27. The highest BCUT2D eigenvalue weighted by Gasteiger charge is 2.20. The van der Waals surface area contributed by atoms with Gasteiger partial charge in [-0.1, -0.05) is 127 Å². The number of methoxy groups -OCH3 is 2. The molecule has 8 aromatic rings. The van der Waals surface area contributed by atoms with E-state index in [4.69, 9.17) is 9.47 Å². The van der Waals surface area contributed by atoms with Crippen LogP contribution in [0.25, 0.3) is 56.2 Å². The monoisotopic (exact) mass is 776 g/mol. The molecule has 0 unspecified atom stereocenters. The second-order valence-corrected chi connectivity index (χ2v) is 13.7. The van der Waals surface area contributed by atoms with Crippen LogP contribution in [0.5, 0.6) is 11.5 Å². The first kappa shape index (κ1) is 39.4. The van der Waals surface area contributed by atoms with Crippen LogP contribution in [0.15, 0.2) is 173 Å². The normalized spacial score (nSPS) is 11.1. The highest BCUT2D eigenvalue weighted by Crippen LogP contribution is 2.32. The number of allylic oxidation sites excluding steroid dienone is 2. The van der Waals surface area contributed by atoms with Gasteiger partial charge >= 0.3 is 0 Å². The highest BCUT2D eigenvalue weighted by atomic mass is 16.5. The van der Waals surface area contributed by atoms with Crippen molar-refractivity contribution < 1.29 is 19.1 Å². The first-order valence-corrected chi connectivity index (χ1v) is 18.9. The van der Waals surface area contributed by atoms with E-state index in [-0.39, 0.29) is 22.7 Å². The maximum atomic E-state index is 13.2. The Bertz CT molecular complexity index is 2960. The van der Waals surface area contributed by atoms with Crippen molar-refractivity contribution in [2.75, 3.05) is 14.2 Å². The van der Waals surface area contributed by atoms with Gasteiger partial charge in [-0.15, -0.1) is 0 Å². The van der Waals surface area contributed by atoms with Crippen LogP contribution in [-0.2, 0) is 0 Å². The van der Waals surface area contributed by atoms with Crippen molar-refractivity contribution in [1.82, 2.24) is 9.97 Å². The van der Waals surface area contributed by atoms with E-state index < -0.39 is 11.1 Å². The number of aromatic nitrogens is 2. The lowest BCUT2D eigenvalue weighted by Gasteiger charge is -2.12. The standard InChI is InChI=1S/C26H21NO3.C25H19NO3/c1-17-8-14-22-21(16-17)24(19-6-4-3-5-7-19)25(26(29)27-22)23(28)15-11-18-9-12-20(30-2)13-10-18;1-29-19-14-11-17(12-15-19)13-16-22(27)24-23(18-7-3-2-4-8-18)20-9-5-6-10-21(20)26-25(24)28/h3-16H,1-2H3,(H,27,29);2-16H,1H3,(H,26,28)/b15-11+;16-13+. The first-order valence-electron chi connectivity index (χ1n) is 18.9. The fraction of sp³-hybridized carbons (Fsp3) is 0.0588. The van der Waals surface area contributed by atoms with Crippen molar-refractivity contribution >= 4 is 45.5 Å². The van der Waals surface area contributed by atoms with Gasteiger partial charge in [-0.25, -0.2) is 0 Å². The van der Waals surface area contributed by atoms with E-state index in [0.717, 1.165) is 50.1 Å². The number of hydrogen-bond donors (Lipinski definition) is 2. The Labute approximate surface area is 340 Å². The summed E-state index contributed by atoms with van der Waals surface area (Å²) in [5.74, 6) is 0.804. The van der Waals surface area contributed by atoms with Crippen molar-refractivity contribution in [3.8, 4) is 33.8 Å². The summed E-state index contributed by atoms with van der Waals surface area (Å²) in [5.41, 5.74) is 6.61. The summed E-state index contributed by atoms with van der Waals surface area (Å²) in [6.07, 6.45) is 6.29. The number of benzene rings is 6. The highest BCUT2D eigenvalue weighted by molar-refractivity contribution is 6.16. The van der Waals surface area contributed by atoms with E-state index in [0.29, 0.717) is 22.2 Å². The molecule has 0 aliphatic heterocycles. The molecule has 0 spiro atoms. The number of ether oxygens (including phenoxy) is 2. The van der Waals surface area contributed by atoms with Crippen LogP contribution in [0.1, 0.15) is 37.4 Å². The number of hydrogen-bond acceptors (Lipinski definition) is 6. The number of pyridine rings is 2. The van der Waals surface area contributed by atoms with Crippen molar-refractivity contribution in [2.45, 2.75) is 6.92 Å². The van der Waals surface area contributed by atoms with Crippen molar-refractivity contribution in [2.24, 2.45) is 0 Å².